The number of hydrogen-bond donors (Lipinski definition) is 1. The monoisotopic (exact) mass is 430 g/mol. The first-order chi connectivity index (χ1) is 15.2. The van der Waals surface area contributed by atoms with Crippen LogP contribution in [0.3, 0.4) is 0 Å². The number of aromatic nitrogens is 3. The van der Waals surface area contributed by atoms with E-state index in [-0.39, 0.29) is 11.7 Å². The number of para-hydroxylation sites is 2. The predicted molar refractivity (Wildman–Crippen MR) is 124 cm³/mol. The quantitative estimate of drug-likeness (QED) is 0.423. The fourth-order valence-corrected chi connectivity index (χ4v) is 3.99. The first-order valence-corrected chi connectivity index (χ1v) is 10.8. The lowest BCUT2D eigenvalue weighted by Gasteiger charge is -2.11. The number of benzene rings is 3. The first-order valence-electron chi connectivity index (χ1n) is 9.77. The molecule has 0 fully saturated rings. The molecule has 0 spiro atoms. The van der Waals surface area contributed by atoms with E-state index >= 15 is 0 Å². The van der Waals surface area contributed by atoms with E-state index in [0.29, 0.717) is 11.0 Å². The molecule has 4 aromatic rings. The minimum atomic E-state index is -0.102. The van der Waals surface area contributed by atoms with Gasteiger partial charge in [0.05, 0.1) is 18.4 Å². The van der Waals surface area contributed by atoms with Crippen LogP contribution in [0.5, 0.6) is 5.75 Å². The summed E-state index contributed by atoms with van der Waals surface area (Å²) in [6.07, 6.45) is 0. The van der Waals surface area contributed by atoms with Crippen LogP contribution in [0.4, 0.5) is 5.69 Å². The molecule has 1 amide bonds. The molecule has 1 heterocycles. The lowest BCUT2D eigenvalue weighted by Crippen LogP contribution is -2.15. The molecule has 0 saturated heterocycles. The van der Waals surface area contributed by atoms with Gasteiger partial charge in [-0.1, -0.05) is 72.4 Å². The van der Waals surface area contributed by atoms with Gasteiger partial charge < -0.3 is 14.6 Å². The van der Waals surface area contributed by atoms with Crippen LogP contribution in [-0.2, 0) is 11.8 Å². The lowest BCUT2D eigenvalue weighted by atomic mass is 10.0. The lowest BCUT2D eigenvalue weighted by molar-refractivity contribution is -0.113. The normalized spacial score (nSPS) is 10.6. The number of anilines is 1. The second-order valence-corrected chi connectivity index (χ2v) is 7.76. The number of nitrogens with one attached hydrogen (secondary N) is 1. The largest absolute Gasteiger partial charge is 0.496 e. The summed E-state index contributed by atoms with van der Waals surface area (Å²) in [6, 6.07) is 25.4. The van der Waals surface area contributed by atoms with E-state index < -0.39 is 0 Å². The van der Waals surface area contributed by atoms with E-state index in [1.165, 1.54) is 11.8 Å². The average Bonchev–Trinajstić information content (AvgIpc) is 3.18. The van der Waals surface area contributed by atoms with E-state index in [1.807, 2.05) is 90.5 Å². The van der Waals surface area contributed by atoms with Crippen molar-refractivity contribution in [3.05, 3.63) is 78.9 Å². The Morgan fingerprint density at radius 1 is 0.935 bits per heavy atom. The van der Waals surface area contributed by atoms with Crippen molar-refractivity contribution in [3.63, 3.8) is 0 Å². The van der Waals surface area contributed by atoms with Crippen LogP contribution in [0.15, 0.2) is 84.0 Å². The van der Waals surface area contributed by atoms with Gasteiger partial charge in [0.25, 0.3) is 0 Å². The third kappa shape index (κ3) is 4.62. The zero-order valence-corrected chi connectivity index (χ0v) is 18.1. The second kappa shape index (κ2) is 9.49. The summed E-state index contributed by atoms with van der Waals surface area (Å²) in [7, 11) is 3.51. The number of hydrogen-bond acceptors (Lipinski definition) is 5. The van der Waals surface area contributed by atoms with Gasteiger partial charge in [-0.05, 0) is 23.8 Å². The Labute approximate surface area is 185 Å². The van der Waals surface area contributed by atoms with E-state index in [9.17, 15) is 4.79 Å². The van der Waals surface area contributed by atoms with Gasteiger partial charge in [-0.25, -0.2) is 0 Å². The van der Waals surface area contributed by atoms with Gasteiger partial charge >= 0.3 is 0 Å². The molecule has 4 rings (SSSR count). The Balaban J connectivity index is 1.46. The molecule has 1 N–H and O–H groups in total. The number of carbonyl (C=O) groups is 1. The molecule has 156 valence electrons. The van der Waals surface area contributed by atoms with E-state index in [2.05, 4.69) is 15.5 Å². The van der Waals surface area contributed by atoms with Crippen molar-refractivity contribution in [2.75, 3.05) is 18.2 Å². The first kappa shape index (κ1) is 20.7. The highest BCUT2D eigenvalue weighted by Gasteiger charge is 2.16. The molecule has 0 saturated carbocycles. The minimum Gasteiger partial charge on any atom is -0.496 e. The van der Waals surface area contributed by atoms with Crippen molar-refractivity contribution in [1.82, 2.24) is 14.8 Å². The van der Waals surface area contributed by atoms with Gasteiger partial charge in [0.1, 0.15) is 5.75 Å². The SMILES string of the molecule is COc1ccccc1-c1nnc(SCC(=O)Nc2ccccc2-c2ccccc2)n1C. The van der Waals surface area contributed by atoms with Crippen LogP contribution in [0.2, 0.25) is 0 Å². The summed E-state index contributed by atoms with van der Waals surface area (Å²) in [5.74, 6) is 1.54. The van der Waals surface area contributed by atoms with Crippen LogP contribution in [0.25, 0.3) is 22.5 Å². The topological polar surface area (TPSA) is 69.0 Å². The third-order valence-electron chi connectivity index (χ3n) is 4.80. The standard InChI is InChI=1S/C24H22N4O2S/c1-28-23(19-13-7-9-15-21(19)30-2)26-27-24(28)31-16-22(29)25-20-14-8-6-12-18(20)17-10-4-3-5-11-17/h3-15H,16H2,1-2H3,(H,25,29). The summed E-state index contributed by atoms with van der Waals surface area (Å²) in [6.45, 7) is 0. The number of amides is 1. The van der Waals surface area contributed by atoms with Crippen LogP contribution < -0.4 is 10.1 Å². The van der Waals surface area contributed by atoms with Gasteiger partial charge in [0.15, 0.2) is 11.0 Å². The van der Waals surface area contributed by atoms with Gasteiger partial charge in [-0.3, -0.25) is 4.79 Å². The molecule has 7 heteroatoms. The zero-order chi connectivity index (χ0) is 21.6. The fourth-order valence-electron chi connectivity index (χ4n) is 3.28. The maximum Gasteiger partial charge on any atom is 0.234 e. The Kier molecular flexibility index (Phi) is 6.33. The molecule has 0 unspecified atom stereocenters. The summed E-state index contributed by atoms with van der Waals surface area (Å²) in [5.41, 5.74) is 3.68. The molecule has 0 bridgehead atoms. The fraction of sp³-hybridized carbons (Fsp3) is 0.125. The molecular weight excluding hydrogens is 408 g/mol. The van der Waals surface area contributed by atoms with E-state index in [1.54, 1.807) is 7.11 Å². The molecule has 0 aliphatic heterocycles. The molecule has 0 aliphatic rings. The number of ether oxygens (including phenoxy) is 1. The van der Waals surface area contributed by atoms with E-state index in [4.69, 9.17) is 4.74 Å². The summed E-state index contributed by atoms with van der Waals surface area (Å²) < 4.78 is 7.29. The number of thioether (sulfide) groups is 1. The molecule has 6 nitrogen and oxygen atoms in total. The van der Waals surface area contributed by atoms with Crippen LogP contribution in [-0.4, -0.2) is 33.5 Å². The Hall–Kier alpha value is -3.58. The second-order valence-electron chi connectivity index (χ2n) is 6.81. The predicted octanol–water partition coefficient (Wildman–Crippen LogP) is 4.89. The van der Waals surface area contributed by atoms with Crippen LogP contribution in [0.1, 0.15) is 0 Å². The molecule has 0 aliphatic carbocycles. The summed E-state index contributed by atoms with van der Waals surface area (Å²) >= 11 is 1.34. The highest BCUT2D eigenvalue weighted by molar-refractivity contribution is 7.99. The average molecular weight is 431 g/mol. The number of methoxy groups -OCH3 is 1. The summed E-state index contributed by atoms with van der Waals surface area (Å²) in [4.78, 5) is 12.6. The smallest absolute Gasteiger partial charge is 0.234 e. The Bertz CT molecular complexity index is 1190. The molecular formula is C24H22N4O2S. The van der Waals surface area contributed by atoms with Gasteiger partial charge in [-0.15, -0.1) is 10.2 Å². The Morgan fingerprint density at radius 2 is 1.61 bits per heavy atom. The van der Waals surface area contributed by atoms with Crippen molar-refractivity contribution < 1.29 is 9.53 Å². The maximum absolute atomic E-state index is 12.6. The van der Waals surface area contributed by atoms with Crippen molar-refractivity contribution in [1.29, 1.82) is 0 Å². The molecule has 3 aromatic carbocycles. The zero-order valence-electron chi connectivity index (χ0n) is 17.3. The highest BCUT2D eigenvalue weighted by Crippen LogP contribution is 2.31. The third-order valence-corrected chi connectivity index (χ3v) is 5.82. The number of carbonyl (C=O) groups excluding carboxylic acids is 1. The Morgan fingerprint density at radius 3 is 2.39 bits per heavy atom. The van der Waals surface area contributed by atoms with Crippen molar-refractivity contribution in [2.24, 2.45) is 7.05 Å². The van der Waals surface area contributed by atoms with Gasteiger partial charge in [0, 0.05) is 18.3 Å². The maximum atomic E-state index is 12.6. The van der Waals surface area contributed by atoms with Gasteiger partial charge in [-0.2, -0.15) is 0 Å². The van der Waals surface area contributed by atoms with Crippen molar-refractivity contribution in [2.45, 2.75) is 5.16 Å². The summed E-state index contributed by atoms with van der Waals surface area (Å²) in [5, 5.41) is 12.2. The molecule has 31 heavy (non-hydrogen) atoms. The van der Waals surface area contributed by atoms with Crippen LogP contribution >= 0.6 is 11.8 Å². The molecule has 1 aromatic heterocycles. The van der Waals surface area contributed by atoms with Gasteiger partial charge in [0.2, 0.25) is 5.91 Å². The molecule has 0 atom stereocenters. The van der Waals surface area contributed by atoms with Crippen molar-refractivity contribution >= 4 is 23.4 Å². The number of rotatable bonds is 7. The van der Waals surface area contributed by atoms with E-state index in [0.717, 1.165) is 28.1 Å². The van der Waals surface area contributed by atoms with Crippen LogP contribution in [0, 0.1) is 0 Å². The van der Waals surface area contributed by atoms with Crippen molar-refractivity contribution in [3.8, 4) is 28.3 Å². The highest BCUT2D eigenvalue weighted by atomic mass is 32.2. The minimum absolute atomic E-state index is 0.102. The molecule has 0 radical (unpaired) electrons. The number of nitrogens with zero attached hydrogens (tertiary/aromatic N) is 3.